The van der Waals surface area contributed by atoms with Gasteiger partial charge in [0.1, 0.15) is 5.75 Å². The summed E-state index contributed by atoms with van der Waals surface area (Å²) in [4.78, 5) is 0. The Hall–Kier alpha value is -1.54. The molecule has 0 aliphatic heterocycles. The molecule has 0 aromatic heterocycles. The number of allylic oxidation sites excluding steroid dienone is 2. The van der Waals surface area contributed by atoms with Crippen LogP contribution in [0.4, 0.5) is 0 Å². The molecular formula is C19H21BrO. The Bertz CT molecular complexity index is 596. The number of benzene rings is 2. The van der Waals surface area contributed by atoms with Gasteiger partial charge in [0, 0.05) is 10.4 Å². The highest BCUT2D eigenvalue weighted by atomic mass is 79.9. The summed E-state index contributed by atoms with van der Waals surface area (Å²) in [6.45, 7) is 4.35. The van der Waals surface area contributed by atoms with Crippen molar-refractivity contribution in [3.63, 3.8) is 0 Å². The van der Waals surface area contributed by atoms with Gasteiger partial charge >= 0.3 is 0 Å². The molecule has 0 amide bonds. The van der Waals surface area contributed by atoms with Gasteiger partial charge in [-0.3, -0.25) is 0 Å². The van der Waals surface area contributed by atoms with Gasteiger partial charge in [-0.1, -0.05) is 53.2 Å². The van der Waals surface area contributed by atoms with Crippen LogP contribution in [0.1, 0.15) is 37.3 Å². The fourth-order valence-electron chi connectivity index (χ4n) is 2.68. The number of methoxy groups -OCH3 is 1. The molecule has 0 radical (unpaired) electrons. The van der Waals surface area contributed by atoms with Crippen LogP contribution in [0.2, 0.25) is 0 Å². The van der Waals surface area contributed by atoms with Crippen LogP contribution in [-0.4, -0.2) is 7.11 Å². The Labute approximate surface area is 135 Å². The molecule has 0 fully saturated rings. The second-order valence-electron chi connectivity index (χ2n) is 4.98. The molecule has 2 aromatic carbocycles. The minimum Gasteiger partial charge on any atom is -0.497 e. The van der Waals surface area contributed by atoms with E-state index in [1.807, 2.05) is 12.1 Å². The van der Waals surface area contributed by atoms with Gasteiger partial charge in [-0.05, 0) is 54.3 Å². The average Bonchev–Trinajstić information content (AvgIpc) is 2.54. The van der Waals surface area contributed by atoms with E-state index in [4.69, 9.17) is 4.74 Å². The van der Waals surface area contributed by atoms with E-state index in [1.165, 1.54) is 16.7 Å². The van der Waals surface area contributed by atoms with Crippen LogP contribution in [0.25, 0.3) is 5.57 Å². The summed E-state index contributed by atoms with van der Waals surface area (Å²) in [5, 5.41) is 0. The quantitative estimate of drug-likeness (QED) is 0.640. The second kappa shape index (κ2) is 7.46. The molecule has 0 aliphatic carbocycles. The van der Waals surface area contributed by atoms with E-state index in [-0.39, 0.29) is 0 Å². The summed E-state index contributed by atoms with van der Waals surface area (Å²) >= 11 is 3.50. The van der Waals surface area contributed by atoms with Gasteiger partial charge in [0.25, 0.3) is 0 Å². The van der Waals surface area contributed by atoms with Crippen molar-refractivity contribution < 1.29 is 4.74 Å². The highest BCUT2D eigenvalue weighted by Crippen LogP contribution is 2.35. The van der Waals surface area contributed by atoms with Gasteiger partial charge in [0.15, 0.2) is 0 Å². The molecule has 0 saturated heterocycles. The summed E-state index contributed by atoms with van der Waals surface area (Å²) in [6.07, 6.45) is 3.30. The molecule has 2 rings (SSSR count). The number of ether oxygens (including phenoxy) is 1. The van der Waals surface area contributed by atoms with E-state index in [1.54, 1.807) is 7.11 Å². The van der Waals surface area contributed by atoms with Crippen molar-refractivity contribution in [1.82, 2.24) is 0 Å². The van der Waals surface area contributed by atoms with Crippen LogP contribution in [0, 0.1) is 0 Å². The highest BCUT2D eigenvalue weighted by molar-refractivity contribution is 9.10. The molecule has 0 saturated carbocycles. The fraction of sp³-hybridized carbons (Fsp3) is 0.263. The first-order valence-corrected chi connectivity index (χ1v) is 8.05. The predicted octanol–water partition coefficient (Wildman–Crippen LogP) is 6.05. The van der Waals surface area contributed by atoms with E-state index in [9.17, 15) is 0 Å². The smallest absolute Gasteiger partial charge is 0.118 e. The molecule has 0 N–H and O–H groups in total. The molecule has 1 atom stereocenters. The summed E-state index contributed by atoms with van der Waals surface area (Å²) in [6, 6.07) is 16.9. The maximum atomic E-state index is 5.24. The summed E-state index contributed by atoms with van der Waals surface area (Å²) < 4.78 is 6.36. The SMILES string of the molecule is C/C=C(\c1ccc(OC)cc1)[C@H](CC)c1ccc(Br)cc1. The van der Waals surface area contributed by atoms with Crippen LogP contribution in [0.5, 0.6) is 5.75 Å². The van der Waals surface area contributed by atoms with Crippen molar-refractivity contribution in [2.24, 2.45) is 0 Å². The fourth-order valence-corrected chi connectivity index (χ4v) is 2.95. The van der Waals surface area contributed by atoms with Crippen LogP contribution >= 0.6 is 15.9 Å². The van der Waals surface area contributed by atoms with Gasteiger partial charge in [0.2, 0.25) is 0 Å². The summed E-state index contributed by atoms with van der Waals surface area (Å²) in [5.41, 5.74) is 3.97. The Morgan fingerprint density at radius 2 is 1.71 bits per heavy atom. The molecule has 0 unspecified atom stereocenters. The molecule has 0 heterocycles. The zero-order valence-corrected chi connectivity index (χ0v) is 14.4. The first-order chi connectivity index (χ1) is 10.2. The maximum absolute atomic E-state index is 5.24. The average molecular weight is 345 g/mol. The number of halogens is 1. The molecule has 2 aromatic rings. The zero-order chi connectivity index (χ0) is 15.2. The lowest BCUT2D eigenvalue weighted by Crippen LogP contribution is -2.01. The van der Waals surface area contributed by atoms with Gasteiger partial charge in [-0.15, -0.1) is 0 Å². The Morgan fingerprint density at radius 1 is 1.10 bits per heavy atom. The van der Waals surface area contributed by atoms with E-state index in [2.05, 4.69) is 72.3 Å². The summed E-state index contributed by atoms with van der Waals surface area (Å²) in [5.74, 6) is 1.31. The first kappa shape index (κ1) is 15.8. The Kier molecular flexibility index (Phi) is 5.63. The standard InChI is InChI=1S/C19H21BrO/c1-4-18(14-6-10-16(20)11-7-14)19(5-2)15-8-12-17(21-3)13-9-15/h5-13,18H,4H2,1-3H3/b19-5+/t18-/m1/s1. The van der Waals surface area contributed by atoms with E-state index < -0.39 is 0 Å². The lowest BCUT2D eigenvalue weighted by molar-refractivity contribution is 0.415. The second-order valence-corrected chi connectivity index (χ2v) is 5.90. The van der Waals surface area contributed by atoms with Gasteiger partial charge in [-0.2, -0.15) is 0 Å². The lowest BCUT2D eigenvalue weighted by atomic mass is 9.85. The third-order valence-electron chi connectivity index (χ3n) is 3.79. The molecule has 2 heteroatoms. The van der Waals surface area contributed by atoms with Crippen molar-refractivity contribution in [1.29, 1.82) is 0 Å². The Balaban J connectivity index is 2.35. The zero-order valence-electron chi connectivity index (χ0n) is 12.8. The van der Waals surface area contributed by atoms with E-state index >= 15 is 0 Å². The third kappa shape index (κ3) is 3.76. The minimum atomic E-state index is 0.413. The largest absolute Gasteiger partial charge is 0.497 e. The van der Waals surface area contributed by atoms with Crippen molar-refractivity contribution in [3.8, 4) is 5.75 Å². The lowest BCUT2D eigenvalue weighted by Gasteiger charge is -2.20. The van der Waals surface area contributed by atoms with Gasteiger partial charge in [0.05, 0.1) is 7.11 Å². The van der Waals surface area contributed by atoms with Crippen molar-refractivity contribution in [2.75, 3.05) is 7.11 Å². The van der Waals surface area contributed by atoms with Crippen LogP contribution in [-0.2, 0) is 0 Å². The third-order valence-corrected chi connectivity index (χ3v) is 4.32. The van der Waals surface area contributed by atoms with Crippen LogP contribution in [0.3, 0.4) is 0 Å². The highest BCUT2D eigenvalue weighted by Gasteiger charge is 2.16. The van der Waals surface area contributed by atoms with E-state index in [0.717, 1.165) is 16.6 Å². The van der Waals surface area contributed by atoms with Gasteiger partial charge in [-0.25, -0.2) is 0 Å². The van der Waals surface area contributed by atoms with Crippen molar-refractivity contribution >= 4 is 21.5 Å². The molecule has 1 nitrogen and oxygen atoms in total. The van der Waals surface area contributed by atoms with Crippen molar-refractivity contribution in [2.45, 2.75) is 26.2 Å². The normalized spacial score (nSPS) is 13.0. The maximum Gasteiger partial charge on any atom is 0.118 e. The van der Waals surface area contributed by atoms with Crippen LogP contribution < -0.4 is 4.74 Å². The molecule has 0 aliphatic rings. The number of rotatable bonds is 5. The predicted molar refractivity (Wildman–Crippen MR) is 93.8 cm³/mol. The topological polar surface area (TPSA) is 9.23 Å². The number of hydrogen-bond acceptors (Lipinski definition) is 1. The summed E-state index contributed by atoms with van der Waals surface area (Å²) in [7, 11) is 1.70. The molecular weight excluding hydrogens is 324 g/mol. The van der Waals surface area contributed by atoms with Crippen LogP contribution in [0.15, 0.2) is 59.1 Å². The first-order valence-electron chi connectivity index (χ1n) is 7.25. The van der Waals surface area contributed by atoms with Gasteiger partial charge < -0.3 is 4.74 Å². The molecule has 0 bridgehead atoms. The Morgan fingerprint density at radius 3 is 2.19 bits per heavy atom. The minimum absolute atomic E-state index is 0.413. The number of hydrogen-bond donors (Lipinski definition) is 0. The molecule has 0 spiro atoms. The van der Waals surface area contributed by atoms with E-state index in [0.29, 0.717) is 5.92 Å². The van der Waals surface area contributed by atoms with Crippen molar-refractivity contribution in [3.05, 3.63) is 70.2 Å². The molecule has 110 valence electrons. The monoisotopic (exact) mass is 344 g/mol. The molecule has 21 heavy (non-hydrogen) atoms.